The molecule has 1 aromatic heterocycles. The first-order valence-electron chi connectivity index (χ1n) is 8.49. The van der Waals surface area contributed by atoms with Crippen molar-refractivity contribution in [3.8, 4) is 0 Å². The lowest BCUT2D eigenvalue weighted by molar-refractivity contribution is -0.0606. The SMILES string of the molecule is Cn1cccc1C(CN)CC12CC3CC(CC(C3)C1)C2. The largest absolute Gasteiger partial charge is 0.354 e. The second kappa shape index (κ2) is 4.62. The molecule has 1 heterocycles. The summed E-state index contributed by atoms with van der Waals surface area (Å²) in [7, 11) is 2.16. The van der Waals surface area contributed by atoms with Gasteiger partial charge >= 0.3 is 0 Å². The van der Waals surface area contributed by atoms with E-state index >= 15 is 0 Å². The third-order valence-electron chi connectivity index (χ3n) is 6.53. The van der Waals surface area contributed by atoms with Crippen molar-refractivity contribution in [1.29, 1.82) is 0 Å². The summed E-state index contributed by atoms with van der Waals surface area (Å²) in [5.41, 5.74) is 8.24. The van der Waals surface area contributed by atoms with Crippen LogP contribution >= 0.6 is 0 Å². The van der Waals surface area contributed by atoms with E-state index in [1.54, 1.807) is 0 Å². The Bertz CT molecular complexity index is 452. The predicted molar refractivity (Wildman–Crippen MR) is 82.4 cm³/mol. The van der Waals surface area contributed by atoms with Gasteiger partial charge in [0.05, 0.1) is 0 Å². The Kier molecular flexibility index (Phi) is 2.99. The van der Waals surface area contributed by atoms with Crippen LogP contribution in [0.5, 0.6) is 0 Å². The van der Waals surface area contributed by atoms with Crippen LogP contribution in [0.2, 0.25) is 0 Å². The minimum absolute atomic E-state index is 0.561. The van der Waals surface area contributed by atoms with Crippen molar-refractivity contribution in [2.24, 2.45) is 36.0 Å². The summed E-state index contributed by atoms with van der Waals surface area (Å²) < 4.78 is 2.28. The summed E-state index contributed by atoms with van der Waals surface area (Å²) in [6.07, 6.45) is 12.6. The third kappa shape index (κ3) is 2.04. The van der Waals surface area contributed by atoms with Gasteiger partial charge in [-0.25, -0.2) is 0 Å². The van der Waals surface area contributed by atoms with Crippen LogP contribution in [0.1, 0.15) is 56.6 Å². The molecule has 0 aromatic carbocycles. The number of nitrogens with two attached hydrogens (primary N) is 1. The van der Waals surface area contributed by atoms with E-state index in [9.17, 15) is 0 Å². The van der Waals surface area contributed by atoms with Crippen LogP contribution in [0.25, 0.3) is 0 Å². The molecule has 0 aliphatic heterocycles. The summed E-state index contributed by atoms with van der Waals surface area (Å²) in [6.45, 7) is 0.805. The highest BCUT2D eigenvalue weighted by Crippen LogP contribution is 2.62. The van der Waals surface area contributed by atoms with Gasteiger partial charge in [-0.1, -0.05) is 0 Å². The summed E-state index contributed by atoms with van der Waals surface area (Å²) in [5, 5.41) is 0. The van der Waals surface area contributed by atoms with Crippen molar-refractivity contribution in [1.82, 2.24) is 4.57 Å². The van der Waals surface area contributed by atoms with Gasteiger partial charge in [0.2, 0.25) is 0 Å². The third-order valence-corrected chi connectivity index (χ3v) is 6.53. The molecule has 0 radical (unpaired) electrons. The molecule has 0 spiro atoms. The second-order valence-corrected chi connectivity index (χ2v) is 8.10. The summed E-state index contributed by atoms with van der Waals surface area (Å²) in [6, 6.07) is 4.44. The van der Waals surface area contributed by atoms with Crippen molar-refractivity contribution in [3.05, 3.63) is 24.0 Å². The molecule has 1 aromatic rings. The zero-order valence-electron chi connectivity index (χ0n) is 12.7. The maximum absolute atomic E-state index is 6.15. The molecule has 110 valence electrons. The van der Waals surface area contributed by atoms with E-state index in [4.69, 9.17) is 5.73 Å². The van der Waals surface area contributed by atoms with Crippen LogP contribution in [-0.2, 0) is 7.05 Å². The minimum atomic E-state index is 0.561. The van der Waals surface area contributed by atoms with Crippen LogP contribution < -0.4 is 5.73 Å². The van der Waals surface area contributed by atoms with Crippen molar-refractivity contribution in [2.45, 2.75) is 50.9 Å². The first kappa shape index (κ1) is 12.9. The summed E-state index contributed by atoms with van der Waals surface area (Å²) in [5.74, 6) is 3.71. The first-order chi connectivity index (χ1) is 9.67. The van der Waals surface area contributed by atoms with Crippen molar-refractivity contribution in [3.63, 3.8) is 0 Å². The average molecular weight is 272 g/mol. The highest BCUT2D eigenvalue weighted by molar-refractivity contribution is 5.15. The number of aryl methyl sites for hydroxylation is 1. The standard InChI is InChI=1S/C18H28N2/c1-20-4-2-3-17(20)16(12-19)11-18-8-13-5-14(9-18)7-15(6-13)10-18/h2-4,13-16H,5-12,19H2,1H3. The normalized spacial score (nSPS) is 40.2. The number of hydrogen-bond donors (Lipinski definition) is 1. The fourth-order valence-electron chi connectivity index (χ4n) is 6.27. The molecular formula is C18H28N2. The number of nitrogens with zero attached hydrogens (tertiary/aromatic N) is 1. The van der Waals surface area contributed by atoms with E-state index < -0.39 is 0 Å². The molecular weight excluding hydrogens is 244 g/mol. The zero-order valence-corrected chi connectivity index (χ0v) is 12.7. The van der Waals surface area contributed by atoms with Crippen LogP contribution in [0.4, 0.5) is 0 Å². The average Bonchev–Trinajstić information content (AvgIpc) is 2.80. The van der Waals surface area contributed by atoms with E-state index in [-0.39, 0.29) is 0 Å². The Morgan fingerprint density at radius 1 is 1.20 bits per heavy atom. The highest BCUT2D eigenvalue weighted by atomic mass is 14.9. The molecule has 0 saturated heterocycles. The Morgan fingerprint density at radius 3 is 2.25 bits per heavy atom. The van der Waals surface area contributed by atoms with Gasteiger partial charge in [0.25, 0.3) is 0 Å². The van der Waals surface area contributed by atoms with E-state index in [0.29, 0.717) is 11.3 Å². The van der Waals surface area contributed by atoms with Gasteiger partial charge in [-0.3, -0.25) is 0 Å². The van der Waals surface area contributed by atoms with E-state index in [1.165, 1.54) is 50.6 Å². The summed E-state index contributed by atoms with van der Waals surface area (Å²) >= 11 is 0. The van der Waals surface area contributed by atoms with Gasteiger partial charge in [0.15, 0.2) is 0 Å². The molecule has 2 heteroatoms. The van der Waals surface area contributed by atoms with Crippen molar-refractivity contribution >= 4 is 0 Å². The Morgan fingerprint density at radius 2 is 1.80 bits per heavy atom. The lowest BCUT2D eigenvalue weighted by Gasteiger charge is -2.57. The number of aromatic nitrogens is 1. The molecule has 2 nitrogen and oxygen atoms in total. The lowest BCUT2D eigenvalue weighted by atomic mass is 9.48. The molecule has 1 unspecified atom stereocenters. The van der Waals surface area contributed by atoms with Gasteiger partial charge in [-0.2, -0.15) is 0 Å². The van der Waals surface area contributed by atoms with E-state index in [0.717, 1.165) is 24.3 Å². The molecule has 4 aliphatic carbocycles. The van der Waals surface area contributed by atoms with E-state index in [1.807, 2.05) is 0 Å². The van der Waals surface area contributed by atoms with Crippen LogP contribution in [-0.4, -0.2) is 11.1 Å². The van der Waals surface area contributed by atoms with E-state index in [2.05, 4.69) is 29.9 Å². The molecule has 0 amide bonds. The molecule has 4 fully saturated rings. The van der Waals surface area contributed by atoms with Gasteiger partial charge < -0.3 is 10.3 Å². The monoisotopic (exact) mass is 272 g/mol. The maximum atomic E-state index is 6.15. The second-order valence-electron chi connectivity index (χ2n) is 8.10. The molecule has 4 aliphatic rings. The minimum Gasteiger partial charge on any atom is -0.354 e. The fourth-order valence-corrected chi connectivity index (χ4v) is 6.27. The van der Waals surface area contributed by atoms with Gasteiger partial charge in [0.1, 0.15) is 0 Å². The molecule has 5 rings (SSSR count). The van der Waals surface area contributed by atoms with Gasteiger partial charge in [-0.05, 0) is 80.2 Å². The van der Waals surface area contributed by atoms with Crippen LogP contribution in [0.15, 0.2) is 18.3 Å². The molecule has 20 heavy (non-hydrogen) atoms. The first-order valence-corrected chi connectivity index (χ1v) is 8.49. The predicted octanol–water partition coefficient (Wildman–Crippen LogP) is 3.67. The smallest absolute Gasteiger partial charge is 0.0215 e. The number of rotatable bonds is 4. The fraction of sp³-hybridized carbons (Fsp3) is 0.778. The zero-order chi connectivity index (χ0) is 13.7. The Hall–Kier alpha value is -0.760. The van der Waals surface area contributed by atoms with Crippen LogP contribution in [0.3, 0.4) is 0 Å². The number of hydrogen-bond acceptors (Lipinski definition) is 1. The topological polar surface area (TPSA) is 30.9 Å². The summed E-state index contributed by atoms with van der Waals surface area (Å²) in [4.78, 5) is 0. The van der Waals surface area contributed by atoms with Gasteiger partial charge in [0, 0.05) is 31.4 Å². The van der Waals surface area contributed by atoms with Crippen molar-refractivity contribution < 1.29 is 0 Å². The quantitative estimate of drug-likeness (QED) is 0.890. The van der Waals surface area contributed by atoms with Crippen molar-refractivity contribution in [2.75, 3.05) is 6.54 Å². The van der Waals surface area contributed by atoms with Gasteiger partial charge in [-0.15, -0.1) is 0 Å². The highest BCUT2D eigenvalue weighted by Gasteiger charge is 2.51. The molecule has 4 saturated carbocycles. The molecule has 1 atom stereocenters. The molecule has 4 bridgehead atoms. The maximum Gasteiger partial charge on any atom is 0.0215 e. The van der Waals surface area contributed by atoms with Crippen LogP contribution in [0, 0.1) is 23.2 Å². The Labute approximate surface area is 122 Å². The Balaban J connectivity index is 1.57. The molecule has 2 N–H and O–H groups in total. The lowest BCUT2D eigenvalue weighted by Crippen LogP contribution is -2.47.